The third-order valence-corrected chi connectivity index (χ3v) is 5.14. The maximum Gasteiger partial charge on any atom is 0.234 e. The number of thiazole rings is 1. The van der Waals surface area contributed by atoms with E-state index in [0.29, 0.717) is 22.4 Å². The van der Waals surface area contributed by atoms with E-state index in [9.17, 15) is 9.59 Å². The minimum Gasteiger partial charge on any atom is -0.325 e. The van der Waals surface area contributed by atoms with Crippen molar-refractivity contribution in [1.29, 1.82) is 0 Å². The van der Waals surface area contributed by atoms with Crippen molar-refractivity contribution in [2.24, 2.45) is 0 Å². The fraction of sp³-hybridized carbons (Fsp3) is 0.235. The molecule has 0 aliphatic rings. The lowest BCUT2D eigenvalue weighted by Crippen LogP contribution is -2.14. The van der Waals surface area contributed by atoms with E-state index in [0.717, 1.165) is 15.9 Å². The van der Waals surface area contributed by atoms with E-state index < -0.39 is 0 Å². The summed E-state index contributed by atoms with van der Waals surface area (Å²) in [5.41, 5.74) is 2.33. The van der Waals surface area contributed by atoms with Gasteiger partial charge in [0.15, 0.2) is 10.3 Å². The summed E-state index contributed by atoms with van der Waals surface area (Å²) in [5, 5.41) is 6.74. The van der Waals surface area contributed by atoms with Crippen LogP contribution in [0.5, 0.6) is 0 Å². The predicted molar refractivity (Wildman–Crippen MR) is 105 cm³/mol. The molecule has 0 spiro atoms. The summed E-state index contributed by atoms with van der Waals surface area (Å²) < 4.78 is 0.892. The van der Waals surface area contributed by atoms with Crippen LogP contribution in [-0.4, -0.2) is 32.5 Å². The van der Waals surface area contributed by atoms with Gasteiger partial charge in [-0.15, -0.1) is 0 Å². The Hall–Kier alpha value is -2.52. The smallest absolute Gasteiger partial charge is 0.234 e. The second-order valence-electron chi connectivity index (χ2n) is 5.42. The first-order chi connectivity index (χ1) is 12.5. The van der Waals surface area contributed by atoms with Gasteiger partial charge >= 0.3 is 0 Å². The maximum absolute atomic E-state index is 12.1. The highest BCUT2D eigenvalue weighted by atomic mass is 32.2. The van der Waals surface area contributed by atoms with Gasteiger partial charge in [-0.05, 0) is 31.2 Å². The third-order valence-electron chi connectivity index (χ3n) is 3.34. The van der Waals surface area contributed by atoms with Gasteiger partial charge in [0.25, 0.3) is 0 Å². The summed E-state index contributed by atoms with van der Waals surface area (Å²) in [6.07, 6.45) is 2.08. The Labute approximate surface area is 158 Å². The maximum atomic E-state index is 12.1. The van der Waals surface area contributed by atoms with Gasteiger partial charge in [-0.3, -0.25) is 9.59 Å². The molecule has 0 saturated heterocycles. The number of benzene rings is 1. The summed E-state index contributed by atoms with van der Waals surface area (Å²) in [7, 11) is 0. The number of carbonyl (C=O) groups is 2. The highest BCUT2D eigenvalue weighted by Crippen LogP contribution is 2.28. The van der Waals surface area contributed by atoms with Crippen LogP contribution in [0.1, 0.15) is 19.0 Å². The molecule has 2 N–H and O–H groups in total. The molecule has 0 fully saturated rings. The van der Waals surface area contributed by atoms with E-state index in [4.69, 9.17) is 0 Å². The Bertz CT molecular complexity index is 957. The van der Waals surface area contributed by atoms with Gasteiger partial charge in [0.1, 0.15) is 0 Å². The van der Waals surface area contributed by atoms with Gasteiger partial charge in [-0.1, -0.05) is 30.0 Å². The minimum atomic E-state index is -0.136. The number of carbonyl (C=O) groups excluding carboxylic acids is 2. The average Bonchev–Trinajstić information content (AvgIpc) is 3.01. The number of hydrogen-bond donors (Lipinski definition) is 2. The fourth-order valence-electron chi connectivity index (χ4n) is 2.09. The number of aryl methyl sites for hydroxylation is 1. The Morgan fingerprint density at radius 2 is 2.00 bits per heavy atom. The highest BCUT2D eigenvalue weighted by molar-refractivity contribution is 7.99. The van der Waals surface area contributed by atoms with Gasteiger partial charge in [-0.25, -0.2) is 15.0 Å². The number of aromatic nitrogens is 3. The Morgan fingerprint density at radius 3 is 2.77 bits per heavy atom. The molecule has 3 aromatic rings. The molecule has 26 heavy (non-hydrogen) atoms. The standard InChI is InChI=1S/C17H17N5O2S2/c1-3-14(23)22-17-21-12-5-4-11(8-13(12)26-17)20-15(24)9-25-16-18-7-6-10(2)19-16/h4-8H,3,9H2,1-2H3,(H,20,24)(H,21,22,23). The van der Waals surface area contributed by atoms with Crippen molar-refractivity contribution in [2.75, 3.05) is 16.4 Å². The summed E-state index contributed by atoms with van der Waals surface area (Å²) >= 11 is 2.66. The first-order valence-electron chi connectivity index (χ1n) is 7.96. The van der Waals surface area contributed by atoms with Crippen molar-refractivity contribution in [3.63, 3.8) is 0 Å². The fourth-order valence-corrected chi connectivity index (χ4v) is 3.68. The van der Waals surface area contributed by atoms with E-state index in [2.05, 4.69) is 25.6 Å². The molecule has 0 saturated carbocycles. The quantitative estimate of drug-likeness (QED) is 0.496. The predicted octanol–water partition coefficient (Wildman–Crippen LogP) is 3.47. The molecular formula is C17H17N5O2S2. The van der Waals surface area contributed by atoms with Crippen molar-refractivity contribution in [2.45, 2.75) is 25.4 Å². The van der Waals surface area contributed by atoms with Crippen LogP contribution >= 0.6 is 23.1 Å². The van der Waals surface area contributed by atoms with Gasteiger partial charge in [0, 0.05) is 24.0 Å². The minimum absolute atomic E-state index is 0.0759. The van der Waals surface area contributed by atoms with Crippen molar-refractivity contribution in [3.8, 4) is 0 Å². The summed E-state index contributed by atoms with van der Waals surface area (Å²) in [6, 6.07) is 7.27. The zero-order valence-electron chi connectivity index (χ0n) is 14.3. The Kier molecular flexibility index (Phi) is 5.79. The van der Waals surface area contributed by atoms with E-state index >= 15 is 0 Å². The van der Waals surface area contributed by atoms with E-state index in [1.165, 1.54) is 23.1 Å². The van der Waals surface area contributed by atoms with Crippen molar-refractivity contribution in [1.82, 2.24) is 15.0 Å². The number of hydrogen-bond acceptors (Lipinski definition) is 7. The van der Waals surface area contributed by atoms with Crippen molar-refractivity contribution < 1.29 is 9.59 Å². The van der Waals surface area contributed by atoms with Gasteiger partial charge in [0.05, 0.1) is 16.0 Å². The van der Waals surface area contributed by atoms with Crippen LogP contribution in [0.3, 0.4) is 0 Å². The zero-order chi connectivity index (χ0) is 18.5. The molecule has 0 aliphatic heterocycles. The largest absolute Gasteiger partial charge is 0.325 e. The van der Waals surface area contributed by atoms with Gasteiger partial charge in [-0.2, -0.15) is 0 Å². The monoisotopic (exact) mass is 387 g/mol. The lowest BCUT2D eigenvalue weighted by Gasteiger charge is -2.04. The van der Waals surface area contributed by atoms with E-state index in [1.54, 1.807) is 19.2 Å². The molecule has 3 rings (SSSR count). The molecular weight excluding hydrogens is 370 g/mol. The van der Waals surface area contributed by atoms with Crippen LogP contribution in [-0.2, 0) is 9.59 Å². The third kappa shape index (κ3) is 4.77. The molecule has 0 radical (unpaired) electrons. The molecule has 0 atom stereocenters. The summed E-state index contributed by atoms with van der Waals surface area (Å²) in [6.45, 7) is 3.67. The molecule has 9 heteroatoms. The Balaban J connectivity index is 1.62. The highest BCUT2D eigenvalue weighted by Gasteiger charge is 2.09. The van der Waals surface area contributed by atoms with Crippen LogP contribution in [0, 0.1) is 6.92 Å². The number of amides is 2. The summed E-state index contributed by atoms with van der Waals surface area (Å²) in [5.74, 6) is 0.0126. The lowest BCUT2D eigenvalue weighted by molar-refractivity contribution is -0.116. The molecule has 1 aromatic carbocycles. The molecule has 0 unspecified atom stereocenters. The van der Waals surface area contributed by atoms with E-state index in [1.807, 2.05) is 25.1 Å². The second-order valence-corrected chi connectivity index (χ2v) is 7.39. The van der Waals surface area contributed by atoms with Crippen LogP contribution in [0.15, 0.2) is 35.6 Å². The molecule has 134 valence electrons. The number of rotatable bonds is 6. The molecule has 7 nitrogen and oxygen atoms in total. The molecule has 2 heterocycles. The summed E-state index contributed by atoms with van der Waals surface area (Å²) in [4.78, 5) is 36.3. The first kappa shape index (κ1) is 18.3. The second kappa shape index (κ2) is 8.24. The van der Waals surface area contributed by atoms with Crippen LogP contribution in [0.4, 0.5) is 10.8 Å². The number of nitrogens with zero attached hydrogens (tertiary/aromatic N) is 3. The zero-order valence-corrected chi connectivity index (χ0v) is 15.9. The van der Waals surface area contributed by atoms with Gasteiger partial charge < -0.3 is 10.6 Å². The molecule has 0 aliphatic carbocycles. The molecule has 0 bridgehead atoms. The van der Waals surface area contributed by atoms with Crippen LogP contribution in [0.25, 0.3) is 10.2 Å². The molecule has 2 amide bonds. The van der Waals surface area contributed by atoms with Crippen molar-refractivity contribution in [3.05, 3.63) is 36.2 Å². The van der Waals surface area contributed by atoms with E-state index in [-0.39, 0.29) is 17.6 Å². The topological polar surface area (TPSA) is 96.9 Å². The number of thioether (sulfide) groups is 1. The number of nitrogens with one attached hydrogen (secondary N) is 2. The van der Waals surface area contributed by atoms with Crippen molar-refractivity contribution >= 4 is 55.9 Å². The normalized spacial score (nSPS) is 10.7. The number of fused-ring (bicyclic) bond motifs is 1. The molecule has 2 aromatic heterocycles. The number of anilines is 2. The average molecular weight is 387 g/mol. The van der Waals surface area contributed by atoms with Gasteiger partial charge in [0.2, 0.25) is 11.8 Å². The lowest BCUT2D eigenvalue weighted by atomic mass is 10.3. The SMILES string of the molecule is CCC(=O)Nc1nc2ccc(NC(=O)CSc3nccc(C)n3)cc2s1. The van der Waals surface area contributed by atoms with Crippen LogP contribution < -0.4 is 10.6 Å². The first-order valence-corrected chi connectivity index (χ1v) is 9.76. The Morgan fingerprint density at radius 1 is 1.15 bits per heavy atom. The van der Waals surface area contributed by atoms with Crippen LogP contribution in [0.2, 0.25) is 0 Å².